The molecule has 0 aliphatic heterocycles. The zero-order valence-corrected chi connectivity index (χ0v) is 23.3. The molecule has 0 heterocycles. The van der Waals surface area contributed by atoms with Crippen molar-refractivity contribution in [3.63, 3.8) is 0 Å². The molecule has 3 N–H and O–H groups in total. The van der Waals surface area contributed by atoms with Crippen LogP contribution in [0.5, 0.6) is 0 Å². The molecule has 0 aromatic heterocycles. The highest BCUT2D eigenvalue weighted by Gasteiger charge is 2.70. The van der Waals surface area contributed by atoms with Gasteiger partial charge < -0.3 is 15.3 Å². The van der Waals surface area contributed by atoms with E-state index in [4.69, 9.17) is 0 Å². The third-order valence-corrected chi connectivity index (χ3v) is 13.5. The highest BCUT2D eigenvalue weighted by Crippen LogP contribution is 2.76. The second kappa shape index (κ2) is 7.59. The average molecular weight is 487 g/mol. The number of aliphatic hydroxyl groups is 2. The van der Waals surface area contributed by atoms with Crippen molar-refractivity contribution in [2.45, 2.75) is 112 Å². The number of carbonyl (C=O) groups is 1. The van der Waals surface area contributed by atoms with E-state index < -0.39 is 17.5 Å². The number of carboxylic acids is 1. The molecule has 0 aromatic rings. The lowest BCUT2D eigenvalue weighted by atomic mass is 9.33. The fraction of sp³-hybridized carbons (Fsp3) is 0.903. The van der Waals surface area contributed by atoms with Gasteiger partial charge in [-0.05, 0) is 103 Å². The maximum atomic E-state index is 12.8. The highest BCUT2D eigenvalue weighted by atomic mass is 16.4. The Morgan fingerprint density at radius 2 is 1.60 bits per heavy atom. The Balaban J connectivity index is 1.60. The fourth-order valence-corrected chi connectivity index (χ4v) is 11.2. The molecule has 0 spiro atoms. The first-order valence-electron chi connectivity index (χ1n) is 14.3. The number of aliphatic hydroxyl groups excluding tert-OH is 2. The molecule has 198 valence electrons. The lowest BCUT2D eigenvalue weighted by molar-refractivity contribution is -0.221. The Morgan fingerprint density at radius 3 is 2.23 bits per heavy atom. The Bertz CT molecular complexity index is 934. The lowest BCUT2D eigenvalue weighted by Gasteiger charge is -2.71. The molecule has 4 saturated carbocycles. The number of aliphatic carboxylic acids is 1. The van der Waals surface area contributed by atoms with Gasteiger partial charge in [-0.25, -0.2) is 0 Å². The van der Waals surface area contributed by atoms with Crippen LogP contribution in [0, 0.1) is 56.2 Å². The predicted octanol–water partition coefficient (Wildman–Crippen LogP) is 6.45. The van der Waals surface area contributed by atoms with Crippen molar-refractivity contribution in [1.82, 2.24) is 0 Å². The van der Waals surface area contributed by atoms with E-state index in [0.29, 0.717) is 11.8 Å². The van der Waals surface area contributed by atoms with E-state index in [2.05, 4.69) is 54.5 Å². The normalized spacial score (nSPS) is 52.3. The maximum Gasteiger partial charge on any atom is 0.310 e. The van der Waals surface area contributed by atoms with Crippen LogP contribution in [0.2, 0.25) is 0 Å². The summed E-state index contributed by atoms with van der Waals surface area (Å²) in [6, 6.07) is 0. The third-order valence-electron chi connectivity index (χ3n) is 13.5. The van der Waals surface area contributed by atoms with Gasteiger partial charge in [-0.2, -0.15) is 0 Å². The van der Waals surface area contributed by atoms with Gasteiger partial charge in [0.05, 0.1) is 11.5 Å². The molecule has 0 aromatic carbocycles. The van der Waals surface area contributed by atoms with Crippen LogP contribution in [0.4, 0.5) is 0 Å². The Kier molecular flexibility index (Phi) is 5.59. The molecule has 9 atom stereocenters. The standard InChI is InChI=1S/C31H50O4/c1-26(2)12-14-31(25(34)35)15-13-29(6)19(20(31)16-26)8-9-24-28(5)17-22(33)21(18-32)27(3,4)23(28)10-11-30(24,29)7/h8,20-24,32-33H,9-18H2,1-7H3,(H,34,35). The van der Waals surface area contributed by atoms with Gasteiger partial charge in [0.25, 0.3) is 0 Å². The molecule has 0 amide bonds. The van der Waals surface area contributed by atoms with Gasteiger partial charge in [-0.1, -0.05) is 60.1 Å². The van der Waals surface area contributed by atoms with E-state index in [1.165, 1.54) is 5.57 Å². The van der Waals surface area contributed by atoms with Crippen LogP contribution in [-0.2, 0) is 4.79 Å². The molecule has 4 heteroatoms. The molecular formula is C31H50O4. The zero-order chi connectivity index (χ0) is 25.8. The molecular weight excluding hydrogens is 436 g/mol. The Labute approximate surface area is 213 Å². The molecule has 0 radical (unpaired) electrons. The van der Waals surface area contributed by atoms with Crippen molar-refractivity contribution in [1.29, 1.82) is 0 Å². The fourth-order valence-electron chi connectivity index (χ4n) is 11.2. The topological polar surface area (TPSA) is 77.8 Å². The molecule has 9 unspecified atom stereocenters. The van der Waals surface area contributed by atoms with Crippen molar-refractivity contribution in [2.24, 2.45) is 56.2 Å². The molecule has 5 rings (SSSR count). The summed E-state index contributed by atoms with van der Waals surface area (Å²) in [7, 11) is 0. The second-order valence-corrected chi connectivity index (χ2v) is 15.6. The summed E-state index contributed by atoms with van der Waals surface area (Å²) in [6.07, 6.45) is 10.6. The minimum Gasteiger partial charge on any atom is -0.481 e. The quantitative estimate of drug-likeness (QED) is 0.392. The van der Waals surface area contributed by atoms with Gasteiger partial charge in [0.15, 0.2) is 0 Å². The molecule has 0 saturated heterocycles. The number of carboxylic acid groups (broad SMARTS) is 1. The van der Waals surface area contributed by atoms with Gasteiger partial charge in [-0.3, -0.25) is 4.79 Å². The van der Waals surface area contributed by atoms with Crippen LogP contribution >= 0.6 is 0 Å². The predicted molar refractivity (Wildman–Crippen MR) is 139 cm³/mol. The summed E-state index contributed by atoms with van der Waals surface area (Å²) in [4.78, 5) is 12.8. The molecule has 5 aliphatic carbocycles. The van der Waals surface area contributed by atoms with Crippen molar-refractivity contribution >= 4 is 5.97 Å². The van der Waals surface area contributed by atoms with Crippen LogP contribution in [0.1, 0.15) is 106 Å². The van der Waals surface area contributed by atoms with Gasteiger partial charge >= 0.3 is 5.97 Å². The summed E-state index contributed by atoms with van der Waals surface area (Å²) in [6.45, 7) is 16.7. The number of allylic oxidation sites excluding steroid dienone is 2. The van der Waals surface area contributed by atoms with Gasteiger partial charge in [-0.15, -0.1) is 0 Å². The van der Waals surface area contributed by atoms with E-state index in [1.807, 2.05) is 0 Å². The van der Waals surface area contributed by atoms with E-state index in [0.717, 1.165) is 57.8 Å². The summed E-state index contributed by atoms with van der Waals surface area (Å²) in [5.74, 6) is 0.437. The maximum absolute atomic E-state index is 12.8. The molecule has 4 fully saturated rings. The first kappa shape index (κ1) is 25.8. The van der Waals surface area contributed by atoms with Crippen LogP contribution < -0.4 is 0 Å². The van der Waals surface area contributed by atoms with E-state index in [-0.39, 0.29) is 45.5 Å². The van der Waals surface area contributed by atoms with Crippen LogP contribution in [0.25, 0.3) is 0 Å². The van der Waals surface area contributed by atoms with E-state index in [1.54, 1.807) is 0 Å². The molecule has 35 heavy (non-hydrogen) atoms. The van der Waals surface area contributed by atoms with Crippen LogP contribution in [-0.4, -0.2) is 34.0 Å². The smallest absolute Gasteiger partial charge is 0.310 e. The van der Waals surface area contributed by atoms with E-state index >= 15 is 0 Å². The largest absolute Gasteiger partial charge is 0.481 e. The first-order chi connectivity index (χ1) is 16.1. The zero-order valence-electron chi connectivity index (χ0n) is 23.3. The summed E-state index contributed by atoms with van der Waals surface area (Å²) < 4.78 is 0. The van der Waals surface area contributed by atoms with E-state index in [9.17, 15) is 20.1 Å². The summed E-state index contributed by atoms with van der Waals surface area (Å²) in [5.41, 5.74) is 1.05. The summed E-state index contributed by atoms with van der Waals surface area (Å²) >= 11 is 0. The molecule has 5 aliphatic rings. The number of hydrogen-bond acceptors (Lipinski definition) is 3. The Morgan fingerprint density at radius 1 is 0.943 bits per heavy atom. The third kappa shape index (κ3) is 3.14. The molecule has 0 bridgehead atoms. The number of rotatable bonds is 2. The van der Waals surface area contributed by atoms with Crippen molar-refractivity contribution in [3.8, 4) is 0 Å². The SMILES string of the molecule is CC1(C)CCC2(C(=O)O)CCC3(C)C(=CCC4C5(C)CC(O)C(CO)C(C)(C)C5CCC43C)C2C1. The first-order valence-corrected chi connectivity index (χ1v) is 14.3. The van der Waals surface area contributed by atoms with Crippen LogP contribution in [0.3, 0.4) is 0 Å². The summed E-state index contributed by atoms with van der Waals surface area (Å²) in [5, 5.41) is 31.9. The van der Waals surface area contributed by atoms with Gasteiger partial charge in [0.2, 0.25) is 0 Å². The second-order valence-electron chi connectivity index (χ2n) is 15.6. The minimum atomic E-state index is -0.595. The Hall–Kier alpha value is -0.870. The highest BCUT2D eigenvalue weighted by molar-refractivity contribution is 5.76. The lowest BCUT2D eigenvalue weighted by Crippen LogP contribution is -2.66. The number of fused-ring (bicyclic) bond motifs is 7. The monoisotopic (exact) mass is 486 g/mol. The van der Waals surface area contributed by atoms with Crippen molar-refractivity contribution in [3.05, 3.63) is 11.6 Å². The van der Waals surface area contributed by atoms with Crippen molar-refractivity contribution in [2.75, 3.05) is 6.61 Å². The van der Waals surface area contributed by atoms with Crippen LogP contribution in [0.15, 0.2) is 11.6 Å². The average Bonchev–Trinajstić information content (AvgIpc) is 2.73. The van der Waals surface area contributed by atoms with Crippen molar-refractivity contribution < 1.29 is 20.1 Å². The van der Waals surface area contributed by atoms with Gasteiger partial charge in [0, 0.05) is 12.5 Å². The molecule has 4 nitrogen and oxygen atoms in total. The van der Waals surface area contributed by atoms with Gasteiger partial charge in [0.1, 0.15) is 0 Å². The number of hydrogen-bond donors (Lipinski definition) is 3. The minimum absolute atomic E-state index is 0.00383.